The molecule has 18 heavy (non-hydrogen) atoms. The first-order valence-electron chi connectivity index (χ1n) is 7.05. The highest BCUT2D eigenvalue weighted by Gasteiger charge is 2.32. The van der Waals surface area contributed by atoms with Crippen LogP contribution in [0.15, 0.2) is 24.3 Å². The Bertz CT molecular complexity index is 392. The Kier molecular flexibility index (Phi) is 3.96. The summed E-state index contributed by atoms with van der Waals surface area (Å²) in [6, 6.07) is 7.50. The Hall–Kier alpha value is -1.02. The van der Waals surface area contributed by atoms with Crippen molar-refractivity contribution in [2.24, 2.45) is 17.6 Å². The van der Waals surface area contributed by atoms with Crippen LogP contribution in [-0.2, 0) is 6.42 Å². The summed E-state index contributed by atoms with van der Waals surface area (Å²) < 4.78 is 0. The highest BCUT2D eigenvalue weighted by Crippen LogP contribution is 2.36. The van der Waals surface area contributed by atoms with Crippen molar-refractivity contribution >= 4 is 0 Å². The van der Waals surface area contributed by atoms with Crippen LogP contribution in [0, 0.1) is 11.8 Å². The molecule has 0 unspecified atom stereocenters. The Balaban J connectivity index is 1.97. The van der Waals surface area contributed by atoms with Crippen LogP contribution in [0.4, 0.5) is 0 Å². The normalized spacial score (nSPS) is 28.6. The Morgan fingerprint density at radius 3 is 2.56 bits per heavy atom. The average Bonchev–Trinajstić information content (AvgIpc) is 2.29. The quantitative estimate of drug-likeness (QED) is 0.859. The minimum absolute atomic E-state index is 0.0703. The van der Waals surface area contributed by atoms with Crippen molar-refractivity contribution in [2.45, 2.75) is 51.5 Å². The summed E-state index contributed by atoms with van der Waals surface area (Å²) >= 11 is 0. The second-order valence-corrected chi connectivity index (χ2v) is 6.29. The molecule has 2 nitrogen and oxygen atoms in total. The van der Waals surface area contributed by atoms with Gasteiger partial charge in [0.15, 0.2) is 0 Å². The second-order valence-electron chi connectivity index (χ2n) is 6.29. The number of phenolic OH excluding ortho intramolecular Hbond substituents is 1. The SMILES string of the molecule is CC(C)C1CCC(N)(Cc2cccc(O)c2)CC1. The van der Waals surface area contributed by atoms with E-state index in [1.165, 1.54) is 12.8 Å². The summed E-state index contributed by atoms with van der Waals surface area (Å²) in [6.07, 6.45) is 5.57. The van der Waals surface area contributed by atoms with E-state index in [0.717, 1.165) is 36.7 Å². The Labute approximate surface area is 110 Å². The van der Waals surface area contributed by atoms with Crippen LogP contribution in [0.25, 0.3) is 0 Å². The molecule has 1 aliphatic carbocycles. The Morgan fingerprint density at radius 2 is 2.00 bits per heavy atom. The number of hydrogen-bond acceptors (Lipinski definition) is 2. The van der Waals surface area contributed by atoms with Gasteiger partial charge in [-0.25, -0.2) is 0 Å². The fraction of sp³-hybridized carbons (Fsp3) is 0.625. The van der Waals surface area contributed by atoms with Crippen LogP contribution in [0.1, 0.15) is 45.1 Å². The number of hydrogen-bond donors (Lipinski definition) is 2. The molecule has 3 N–H and O–H groups in total. The van der Waals surface area contributed by atoms with Gasteiger partial charge in [0.1, 0.15) is 5.75 Å². The average molecular weight is 247 g/mol. The van der Waals surface area contributed by atoms with Crippen molar-refractivity contribution < 1.29 is 5.11 Å². The summed E-state index contributed by atoms with van der Waals surface area (Å²) in [7, 11) is 0. The van der Waals surface area contributed by atoms with E-state index in [9.17, 15) is 5.11 Å². The largest absolute Gasteiger partial charge is 0.508 e. The highest BCUT2D eigenvalue weighted by atomic mass is 16.3. The molecule has 0 bridgehead atoms. The molecule has 0 radical (unpaired) electrons. The maximum atomic E-state index is 9.50. The van der Waals surface area contributed by atoms with Gasteiger partial charge in [0.2, 0.25) is 0 Å². The number of aromatic hydroxyl groups is 1. The lowest BCUT2D eigenvalue weighted by molar-refractivity contribution is 0.194. The maximum absolute atomic E-state index is 9.50. The van der Waals surface area contributed by atoms with Crippen molar-refractivity contribution in [1.29, 1.82) is 0 Å². The monoisotopic (exact) mass is 247 g/mol. The van der Waals surface area contributed by atoms with Crippen LogP contribution in [0.5, 0.6) is 5.75 Å². The highest BCUT2D eigenvalue weighted by molar-refractivity contribution is 5.28. The molecule has 1 aromatic rings. The van der Waals surface area contributed by atoms with E-state index in [1.807, 2.05) is 12.1 Å². The van der Waals surface area contributed by atoms with Crippen molar-refractivity contribution in [3.63, 3.8) is 0 Å². The van der Waals surface area contributed by atoms with Crippen LogP contribution in [0.3, 0.4) is 0 Å². The van der Waals surface area contributed by atoms with Crippen molar-refractivity contribution in [3.05, 3.63) is 29.8 Å². The molecule has 0 saturated heterocycles. The molecule has 2 rings (SSSR count). The predicted molar refractivity (Wildman–Crippen MR) is 75.5 cm³/mol. The smallest absolute Gasteiger partial charge is 0.115 e. The summed E-state index contributed by atoms with van der Waals surface area (Å²) in [4.78, 5) is 0. The molecule has 0 amide bonds. The standard InChI is InChI=1S/C16H25NO/c1-12(2)14-6-8-16(17,9-7-14)11-13-4-3-5-15(18)10-13/h3-5,10,12,14,18H,6-9,11,17H2,1-2H3. The van der Waals surface area contributed by atoms with Gasteiger partial charge in [-0.3, -0.25) is 0 Å². The van der Waals surface area contributed by atoms with Crippen molar-refractivity contribution in [1.82, 2.24) is 0 Å². The van der Waals surface area contributed by atoms with Gasteiger partial charge < -0.3 is 10.8 Å². The fourth-order valence-corrected chi connectivity index (χ4v) is 3.13. The third kappa shape index (κ3) is 3.26. The van der Waals surface area contributed by atoms with Crippen molar-refractivity contribution in [3.8, 4) is 5.75 Å². The van der Waals surface area contributed by atoms with E-state index in [0.29, 0.717) is 5.75 Å². The van der Waals surface area contributed by atoms with E-state index in [4.69, 9.17) is 5.73 Å². The summed E-state index contributed by atoms with van der Waals surface area (Å²) in [5, 5.41) is 9.50. The lowest BCUT2D eigenvalue weighted by Crippen LogP contribution is -2.45. The van der Waals surface area contributed by atoms with Crippen LogP contribution in [0.2, 0.25) is 0 Å². The minimum atomic E-state index is -0.0703. The number of benzene rings is 1. The molecule has 0 aliphatic heterocycles. The second kappa shape index (κ2) is 5.31. The molecule has 1 saturated carbocycles. The third-order valence-corrected chi connectivity index (χ3v) is 4.44. The number of rotatable bonds is 3. The van der Waals surface area contributed by atoms with Gasteiger partial charge in [-0.1, -0.05) is 26.0 Å². The fourth-order valence-electron chi connectivity index (χ4n) is 3.13. The van der Waals surface area contributed by atoms with Crippen LogP contribution >= 0.6 is 0 Å². The first kappa shape index (κ1) is 13.4. The van der Waals surface area contributed by atoms with Gasteiger partial charge in [0.05, 0.1) is 0 Å². The molecule has 1 fully saturated rings. The van der Waals surface area contributed by atoms with Gasteiger partial charge in [-0.05, 0) is 61.6 Å². The van der Waals surface area contributed by atoms with Crippen molar-refractivity contribution in [2.75, 3.05) is 0 Å². The molecule has 1 aromatic carbocycles. The molecule has 1 aliphatic rings. The van der Waals surface area contributed by atoms with Gasteiger partial charge in [0.25, 0.3) is 0 Å². The summed E-state index contributed by atoms with van der Waals surface area (Å²) in [5.41, 5.74) is 7.60. The number of phenols is 1. The molecule has 0 aromatic heterocycles. The lowest BCUT2D eigenvalue weighted by Gasteiger charge is -2.38. The molecule has 0 spiro atoms. The number of nitrogens with two attached hydrogens (primary N) is 1. The lowest BCUT2D eigenvalue weighted by atomic mass is 9.71. The van der Waals surface area contributed by atoms with E-state index < -0.39 is 0 Å². The topological polar surface area (TPSA) is 46.2 Å². The van der Waals surface area contributed by atoms with E-state index in [2.05, 4.69) is 19.9 Å². The molecule has 0 heterocycles. The zero-order chi connectivity index (χ0) is 13.2. The molecule has 2 heteroatoms. The Morgan fingerprint density at radius 1 is 1.33 bits per heavy atom. The first-order chi connectivity index (χ1) is 8.48. The van der Waals surface area contributed by atoms with E-state index >= 15 is 0 Å². The summed E-state index contributed by atoms with van der Waals surface area (Å²) in [5.74, 6) is 1.95. The first-order valence-corrected chi connectivity index (χ1v) is 7.05. The van der Waals surface area contributed by atoms with E-state index in [1.54, 1.807) is 6.07 Å². The molecule has 100 valence electrons. The van der Waals surface area contributed by atoms with Crippen LogP contribution < -0.4 is 5.73 Å². The molecular weight excluding hydrogens is 222 g/mol. The van der Waals surface area contributed by atoms with Gasteiger partial charge in [-0.15, -0.1) is 0 Å². The molecule has 0 atom stereocenters. The predicted octanol–water partition coefficient (Wildman–Crippen LogP) is 3.48. The molecular formula is C16H25NO. The minimum Gasteiger partial charge on any atom is -0.508 e. The zero-order valence-electron chi connectivity index (χ0n) is 11.5. The van der Waals surface area contributed by atoms with Crippen LogP contribution in [-0.4, -0.2) is 10.6 Å². The van der Waals surface area contributed by atoms with Gasteiger partial charge >= 0.3 is 0 Å². The third-order valence-electron chi connectivity index (χ3n) is 4.44. The summed E-state index contributed by atoms with van der Waals surface area (Å²) in [6.45, 7) is 4.62. The van der Waals surface area contributed by atoms with Gasteiger partial charge in [-0.2, -0.15) is 0 Å². The maximum Gasteiger partial charge on any atom is 0.115 e. The van der Waals surface area contributed by atoms with E-state index in [-0.39, 0.29) is 5.54 Å². The van der Waals surface area contributed by atoms with Gasteiger partial charge in [0, 0.05) is 5.54 Å². The zero-order valence-corrected chi connectivity index (χ0v) is 11.5.